The molecule has 1 rings (SSSR count). The fourth-order valence-electron chi connectivity index (χ4n) is 0.706. The summed E-state index contributed by atoms with van der Waals surface area (Å²) >= 11 is 5.71. The van der Waals surface area contributed by atoms with Crippen LogP contribution in [0, 0.1) is 0 Å². The zero-order chi connectivity index (χ0) is 6.69. The van der Waals surface area contributed by atoms with Gasteiger partial charge in [0.15, 0.2) is 0 Å². The molecule has 1 unspecified atom stereocenters. The lowest BCUT2D eigenvalue weighted by atomic mass is 10.3. The molecule has 0 aromatic carbocycles. The molecular formula is C7H9ClO. The van der Waals surface area contributed by atoms with Gasteiger partial charge in [-0.25, -0.2) is 0 Å². The maximum absolute atomic E-state index is 5.71. The fraction of sp³-hybridized carbons (Fsp3) is 0.429. The van der Waals surface area contributed by atoms with Gasteiger partial charge >= 0.3 is 0 Å². The molecular weight excluding hydrogens is 136 g/mol. The zero-order valence-corrected chi connectivity index (χ0v) is 6.06. The molecule has 0 radical (unpaired) electrons. The number of rotatable bonds is 2. The summed E-state index contributed by atoms with van der Waals surface area (Å²) in [6.45, 7) is 1.95. The molecule has 2 heteroatoms. The zero-order valence-electron chi connectivity index (χ0n) is 5.30. The molecule has 0 bridgehead atoms. The summed E-state index contributed by atoms with van der Waals surface area (Å²) in [7, 11) is 0. The van der Waals surface area contributed by atoms with Gasteiger partial charge < -0.3 is 4.42 Å². The normalized spacial score (nSPS) is 13.6. The molecule has 1 nitrogen and oxygen atoms in total. The second kappa shape index (κ2) is 2.92. The minimum atomic E-state index is 0.163. The summed E-state index contributed by atoms with van der Waals surface area (Å²) in [6.07, 6.45) is 2.48. The van der Waals surface area contributed by atoms with Crippen LogP contribution in [0.2, 0.25) is 0 Å². The molecule has 9 heavy (non-hydrogen) atoms. The van der Waals surface area contributed by atoms with Crippen molar-refractivity contribution in [2.24, 2.45) is 0 Å². The van der Waals surface area contributed by atoms with E-state index in [1.807, 2.05) is 19.1 Å². The molecule has 0 aliphatic heterocycles. The first-order valence-electron chi connectivity index (χ1n) is 2.95. The highest BCUT2D eigenvalue weighted by Crippen LogP contribution is 2.07. The molecule has 0 aliphatic carbocycles. The van der Waals surface area contributed by atoms with Crippen LogP contribution in [0.25, 0.3) is 0 Å². The SMILES string of the molecule is CC(Cl)Cc1ccco1. The topological polar surface area (TPSA) is 13.1 Å². The van der Waals surface area contributed by atoms with Crippen LogP contribution in [-0.2, 0) is 6.42 Å². The Morgan fingerprint density at radius 3 is 3.00 bits per heavy atom. The quantitative estimate of drug-likeness (QED) is 0.582. The minimum absolute atomic E-state index is 0.163. The number of hydrogen-bond acceptors (Lipinski definition) is 1. The third kappa shape index (κ3) is 2.10. The Morgan fingerprint density at radius 1 is 1.78 bits per heavy atom. The predicted molar refractivity (Wildman–Crippen MR) is 37.7 cm³/mol. The highest BCUT2D eigenvalue weighted by atomic mass is 35.5. The van der Waals surface area contributed by atoms with Gasteiger partial charge in [-0.2, -0.15) is 0 Å². The molecule has 0 N–H and O–H groups in total. The van der Waals surface area contributed by atoms with E-state index in [0.717, 1.165) is 12.2 Å². The van der Waals surface area contributed by atoms with Gasteiger partial charge in [-0.3, -0.25) is 0 Å². The number of furan rings is 1. The molecule has 1 aromatic rings. The van der Waals surface area contributed by atoms with Crippen molar-refractivity contribution in [3.63, 3.8) is 0 Å². The van der Waals surface area contributed by atoms with E-state index in [0.29, 0.717) is 0 Å². The Labute approximate surface area is 59.6 Å². The van der Waals surface area contributed by atoms with E-state index in [1.54, 1.807) is 6.26 Å². The number of hydrogen-bond donors (Lipinski definition) is 0. The van der Waals surface area contributed by atoms with E-state index in [4.69, 9.17) is 16.0 Å². The Morgan fingerprint density at radius 2 is 2.56 bits per heavy atom. The van der Waals surface area contributed by atoms with Crippen molar-refractivity contribution < 1.29 is 4.42 Å². The Hall–Kier alpha value is -0.430. The van der Waals surface area contributed by atoms with E-state index >= 15 is 0 Å². The van der Waals surface area contributed by atoms with E-state index in [9.17, 15) is 0 Å². The summed E-state index contributed by atoms with van der Waals surface area (Å²) < 4.78 is 5.06. The first-order chi connectivity index (χ1) is 4.29. The average Bonchev–Trinajstić information content (AvgIpc) is 2.15. The monoisotopic (exact) mass is 144 g/mol. The van der Waals surface area contributed by atoms with Crippen molar-refractivity contribution in [3.8, 4) is 0 Å². The van der Waals surface area contributed by atoms with Crippen LogP contribution in [0.15, 0.2) is 22.8 Å². The second-order valence-electron chi connectivity index (χ2n) is 2.06. The van der Waals surface area contributed by atoms with Crippen molar-refractivity contribution in [1.29, 1.82) is 0 Å². The minimum Gasteiger partial charge on any atom is -0.469 e. The van der Waals surface area contributed by atoms with E-state index in [1.165, 1.54) is 0 Å². The van der Waals surface area contributed by atoms with E-state index in [2.05, 4.69) is 0 Å². The Kier molecular flexibility index (Phi) is 2.17. The lowest BCUT2D eigenvalue weighted by molar-refractivity contribution is 0.507. The van der Waals surface area contributed by atoms with Crippen LogP contribution < -0.4 is 0 Å². The highest BCUT2D eigenvalue weighted by molar-refractivity contribution is 6.20. The van der Waals surface area contributed by atoms with Gasteiger partial charge in [-0.15, -0.1) is 11.6 Å². The molecule has 1 aromatic heterocycles. The lowest BCUT2D eigenvalue weighted by Crippen LogP contribution is -1.94. The largest absolute Gasteiger partial charge is 0.469 e. The molecule has 0 aliphatic rings. The Bertz CT molecular complexity index is 155. The first-order valence-corrected chi connectivity index (χ1v) is 3.39. The van der Waals surface area contributed by atoms with Crippen molar-refractivity contribution in [2.75, 3.05) is 0 Å². The summed E-state index contributed by atoms with van der Waals surface area (Å²) in [6, 6.07) is 3.80. The number of alkyl halides is 1. The van der Waals surface area contributed by atoms with Crippen LogP contribution >= 0.6 is 11.6 Å². The van der Waals surface area contributed by atoms with Gasteiger partial charge in [0.05, 0.1) is 6.26 Å². The van der Waals surface area contributed by atoms with Crippen LogP contribution in [-0.4, -0.2) is 5.38 Å². The van der Waals surface area contributed by atoms with Crippen molar-refractivity contribution >= 4 is 11.6 Å². The Balaban J connectivity index is 2.48. The average molecular weight is 145 g/mol. The molecule has 50 valence electrons. The molecule has 1 heterocycles. The highest BCUT2D eigenvalue weighted by Gasteiger charge is 1.99. The third-order valence-electron chi connectivity index (χ3n) is 1.06. The molecule has 0 saturated carbocycles. The molecule has 0 spiro atoms. The maximum atomic E-state index is 5.71. The second-order valence-corrected chi connectivity index (χ2v) is 2.81. The molecule has 0 saturated heterocycles. The maximum Gasteiger partial charge on any atom is 0.105 e. The summed E-state index contributed by atoms with van der Waals surface area (Å²) in [4.78, 5) is 0. The first kappa shape index (κ1) is 6.69. The van der Waals surface area contributed by atoms with E-state index < -0.39 is 0 Å². The number of halogens is 1. The third-order valence-corrected chi connectivity index (χ3v) is 1.22. The van der Waals surface area contributed by atoms with Crippen molar-refractivity contribution in [1.82, 2.24) is 0 Å². The van der Waals surface area contributed by atoms with Crippen LogP contribution in [0.3, 0.4) is 0 Å². The van der Waals surface area contributed by atoms with Crippen molar-refractivity contribution in [3.05, 3.63) is 24.2 Å². The van der Waals surface area contributed by atoms with Crippen LogP contribution in [0.1, 0.15) is 12.7 Å². The van der Waals surface area contributed by atoms with Gasteiger partial charge in [-0.1, -0.05) is 0 Å². The predicted octanol–water partition coefficient (Wildman–Crippen LogP) is 2.45. The van der Waals surface area contributed by atoms with Gasteiger partial charge in [0.25, 0.3) is 0 Å². The smallest absolute Gasteiger partial charge is 0.105 e. The lowest BCUT2D eigenvalue weighted by Gasteiger charge is -1.95. The van der Waals surface area contributed by atoms with Crippen LogP contribution in [0.5, 0.6) is 0 Å². The summed E-state index contributed by atoms with van der Waals surface area (Å²) in [5.41, 5.74) is 0. The van der Waals surface area contributed by atoms with Gasteiger partial charge in [0, 0.05) is 11.8 Å². The van der Waals surface area contributed by atoms with E-state index in [-0.39, 0.29) is 5.38 Å². The molecule has 1 atom stereocenters. The van der Waals surface area contributed by atoms with Gasteiger partial charge in [0.2, 0.25) is 0 Å². The van der Waals surface area contributed by atoms with Crippen LogP contribution in [0.4, 0.5) is 0 Å². The van der Waals surface area contributed by atoms with Gasteiger partial charge in [-0.05, 0) is 19.1 Å². The standard InChI is InChI=1S/C7H9ClO/c1-6(8)5-7-3-2-4-9-7/h2-4,6H,5H2,1H3. The fourth-order valence-corrected chi connectivity index (χ4v) is 0.858. The summed E-state index contributed by atoms with van der Waals surface area (Å²) in [5, 5.41) is 0.163. The summed E-state index contributed by atoms with van der Waals surface area (Å²) in [5.74, 6) is 0.956. The molecule has 0 fully saturated rings. The molecule has 0 amide bonds. The van der Waals surface area contributed by atoms with Gasteiger partial charge in [0.1, 0.15) is 5.76 Å². The van der Waals surface area contributed by atoms with Crippen molar-refractivity contribution in [2.45, 2.75) is 18.7 Å².